The van der Waals surface area contributed by atoms with Gasteiger partial charge < -0.3 is 15.2 Å². The van der Waals surface area contributed by atoms with Gasteiger partial charge in [0.25, 0.3) is 0 Å². The minimum absolute atomic E-state index is 0.00542. The van der Waals surface area contributed by atoms with Crippen LogP contribution in [0.2, 0.25) is 0 Å². The normalized spacial score (nSPS) is 9.75. The van der Waals surface area contributed by atoms with E-state index < -0.39 is 5.82 Å². The fraction of sp³-hybridized carbons (Fsp3) is 0.400. The van der Waals surface area contributed by atoms with Gasteiger partial charge in [0.2, 0.25) is 5.91 Å². The Hall–Kier alpha value is -1.90. The van der Waals surface area contributed by atoms with Crippen LogP contribution in [0.25, 0.3) is 0 Å². The summed E-state index contributed by atoms with van der Waals surface area (Å²) in [4.78, 5) is 11.4. The van der Waals surface area contributed by atoms with Crippen LogP contribution in [0.5, 0.6) is 0 Å². The highest BCUT2D eigenvalue weighted by Crippen LogP contribution is 2.09. The smallest absolute Gasteiger partial charge is 0.246 e. The molecule has 2 N–H and O–H groups in total. The van der Waals surface area contributed by atoms with Crippen LogP contribution in [-0.4, -0.2) is 30.8 Å². The number of halogens is 1. The molecule has 0 spiro atoms. The highest BCUT2D eigenvalue weighted by molar-refractivity contribution is 5.77. The van der Waals surface area contributed by atoms with Crippen LogP contribution in [0, 0.1) is 17.7 Å². The van der Waals surface area contributed by atoms with Crippen molar-refractivity contribution in [2.24, 2.45) is 0 Å². The maximum absolute atomic E-state index is 13.6. The number of hydrogen-bond acceptors (Lipinski definition) is 3. The Bertz CT molecular complexity index is 506. The molecule has 4 nitrogen and oxygen atoms in total. The summed E-state index contributed by atoms with van der Waals surface area (Å²) in [5, 5.41) is 11.2. The number of carbonyl (C=O) groups is 1. The molecule has 0 atom stereocenters. The molecule has 0 bridgehead atoms. The van der Waals surface area contributed by atoms with Crippen molar-refractivity contribution >= 4 is 5.91 Å². The van der Waals surface area contributed by atoms with Crippen molar-refractivity contribution in [2.75, 3.05) is 19.8 Å². The van der Waals surface area contributed by atoms with Crippen molar-refractivity contribution < 1.29 is 19.0 Å². The van der Waals surface area contributed by atoms with E-state index in [0.29, 0.717) is 24.2 Å². The van der Waals surface area contributed by atoms with E-state index in [1.165, 1.54) is 6.07 Å². The van der Waals surface area contributed by atoms with Gasteiger partial charge in [0.15, 0.2) is 0 Å². The third-order valence-corrected chi connectivity index (χ3v) is 2.43. The molecule has 108 valence electrons. The molecule has 5 heteroatoms. The molecule has 0 aliphatic rings. The molecular formula is C15H18FNO3. The fourth-order valence-corrected chi connectivity index (χ4v) is 1.45. The molecule has 0 saturated heterocycles. The number of nitrogens with one attached hydrogen (secondary N) is 1. The summed E-state index contributed by atoms with van der Waals surface area (Å²) in [6.45, 7) is 2.30. The Kier molecular flexibility index (Phi) is 7.33. The van der Waals surface area contributed by atoms with Crippen LogP contribution in [0.3, 0.4) is 0 Å². The number of amides is 1. The molecule has 1 rings (SSSR count). The summed E-state index contributed by atoms with van der Waals surface area (Å²) in [7, 11) is 0. The first-order valence-corrected chi connectivity index (χ1v) is 6.40. The Balaban J connectivity index is 2.63. The topological polar surface area (TPSA) is 58.6 Å². The SMILES string of the molecule is CCOCC(=O)NCc1cc(C#CCCO)ccc1F. The number of carbonyl (C=O) groups excluding carboxylic acids is 1. The van der Waals surface area contributed by atoms with E-state index in [4.69, 9.17) is 9.84 Å². The van der Waals surface area contributed by atoms with Gasteiger partial charge in [0.05, 0.1) is 6.61 Å². The van der Waals surface area contributed by atoms with E-state index in [1.54, 1.807) is 19.1 Å². The van der Waals surface area contributed by atoms with E-state index in [-0.39, 0.29) is 25.7 Å². The summed E-state index contributed by atoms with van der Waals surface area (Å²) in [5.74, 6) is 4.90. The molecule has 0 radical (unpaired) electrons. The second kappa shape index (κ2) is 9.08. The van der Waals surface area contributed by atoms with Crippen LogP contribution in [0.1, 0.15) is 24.5 Å². The van der Waals surface area contributed by atoms with Crippen molar-refractivity contribution in [1.29, 1.82) is 0 Å². The lowest BCUT2D eigenvalue weighted by Gasteiger charge is -2.07. The first kappa shape index (κ1) is 16.2. The summed E-state index contributed by atoms with van der Waals surface area (Å²) in [6.07, 6.45) is 0.373. The van der Waals surface area contributed by atoms with E-state index >= 15 is 0 Å². The average Bonchev–Trinajstić information content (AvgIpc) is 2.45. The van der Waals surface area contributed by atoms with Gasteiger partial charge in [-0.05, 0) is 25.1 Å². The van der Waals surface area contributed by atoms with Crippen LogP contribution in [0.15, 0.2) is 18.2 Å². The maximum atomic E-state index is 13.6. The van der Waals surface area contributed by atoms with Gasteiger partial charge in [0.1, 0.15) is 12.4 Å². The summed E-state index contributed by atoms with van der Waals surface area (Å²) >= 11 is 0. The second-order valence-electron chi connectivity index (χ2n) is 4.00. The van der Waals surface area contributed by atoms with Gasteiger partial charge in [-0.3, -0.25) is 4.79 Å². The molecular weight excluding hydrogens is 261 g/mol. The molecule has 0 unspecified atom stereocenters. The first-order chi connectivity index (χ1) is 9.67. The molecule has 0 aromatic heterocycles. The van der Waals surface area contributed by atoms with Crippen LogP contribution < -0.4 is 5.32 Å². The van der Waals surface area contributed by atoms with E-state index in [2.05, 4.69) is 17.2 Å². The quantitative estimate of drug-likeness (QED) is 0.770. The molecule has 0 saturated carbocycles. The van der Waals surface area contributed by atoms with Gasteiger partial charge in [-0.1, -0.05) is 11.8 Å². The van der Waals surface area contributed by atoms with Gasteiger partial charge in [-0.2, -0.15) is 0 Å². The zero-order valence-corrected chi connectivity index (χ0v) is 11.4. The van der Waals surface area contributed by atoms with Crippen LogP contribution in [0.4, 0.5) is 4.39 Å². The summed E-state index contributed by atoms with van der Waals surface area (Å²) < 4.78 is 18.5. The Morgan fingerprint density at radius 3 is 3.00 bits per heavy atom. The van der Waals surface area contributed by atoms with Gasteiger partial charge >= 0.3 is 0 Å². The van der Waals surface area contributed by atoms with E-state index in [0.717, 1.165) is 0 Å². The standard InChI is InChI=1S/C15H18FNO3/c1-2-20-11-15(19)17-10-13-9-12(5-3-4-8-18)6-7-14(13)16/h6-7,9,18H,2,4,8,10-11H2,1H3,(H,17,19). The van der Waals surface area contributed by atoms with E-state index in [9.17, 15) is 9.18 Å². The predicted octanol–water partition coefficient (Wildman–Crippen LogP) is 1.21. The zero-order chi connectivity index (χ0) is 14.8. The molecule has 0 fully saturated rings. The van der Waals surface area contributed by atoms with Crippen LogP contribution in [-0.2, 0) is 16.1 Å². The molecule has 20 heavy (non-hydrogen) atoms. The minimum atomic E-state index is -0.394. The number of ether oxygens (including phenoxy) is 1. The van der Waals surface area contributed by atoms with E-state index in [1.807, 2.05) is 0 Å². The Labute approximate surface area is 117 Å². The largest absolute Gasteiger partial charge is 0.395 e. The maximum Gasteiger partial charge on any atom is 0.246 e. The monoisotopic (exact) mass is 279 g/mol. The van der Waals surface area contributed by atoms with Gasteiger partial charge in [0, 0.05) is 30.7 Å². The lowest BCUT2D eigenvalue weighted by atomic mass is 10.1. The number of aliphatic hydroxyl groups excluding tert-OH is 1. The lowest BCUT2D eigenvalue weighted by Crippen LogP contribution is -2.27. The number of aliphatic hydroxyl groups is 1. The zero-order valence-electron chi connectivity index (χ0n) is 11.4. The molecule has 0 aliphatic carbocycles. The minimum Gasteiger partial charge on any atom is -0.395 e. The van der Waals surface area contributed by atoms with Crippen molar-refractivity contribution in [2.45, 2.75) is 19.9 Å². The molecule has 1 aromatic rings. The summed E-state index contributed by atoms with van der Waals surface area (Å²) in [5.41, 5.74) is 1.01. The summed E-state index contributed by atoms with van der Waals surface area (Å²) in [6, 6.07) is 4.46. The first-order valence-electron chi connectivity index (χ1n) is 6.40. The lowest BCUT2D eigenvalue weighted by molar-refractivity contribution is -0.125. The Morgan fingerprint density at radius 2 is 2.30 bits per heavy atom. The number of rotatable bonds is 6. The van der Waals surface area contributed by atoms with Gasteiger partial charge in [-0.25, -0.2) is 4.39 Å². The average molecular weight is 279 g/mol. The van der Waals surface area contributed by atoms with Crippen molar-refractivity contribution in [3.63, 3.8) is 0 Å². The second-order valence-corrected chi connectivity index (χ2v) is 4.00. The molecule has 0 heterocycles. The van der Waals surface area contributed by atoms with Crippen molar-refractivity contribution in [1.82, 2.24) is 5.32 Å². The van der Waals surface area contributed by atoms with Crippen molar-refractivity contribution in [3.05, 3.63) is 35.1 Å². The highest BCUT2D eigenvalue weighted by atomic mass is 19.1. The molecule has 1 amide bonds. The number of benzene rings is 1. The molecule has 0 aliphatic heterocycles. The third kappa shape index (κ3) is 5.83. The Morgan fingerprint density at radius 1 is 1.50 bits per heavy atom. The molecule has 1 aromatic carbocycles. The van der Waals surface area contributed by atoms with Crippen molar-refractivity contribution in [3.8, 4) is 11.8 Å². The fourth-order valence-electron chi connectivity index (χ4n) is 1.45. The third-order valence-electron chi connectivity index (χ3n) is 2.43. The predicted molar refractivity (Wildman–Crippen MR) is 73.3 cm³/mol. The van der Waals surface area contributed by atoms with Crippen LogP contribution >= 0.6 is 0 Å². The highest BCUT2D eigenvalue weighted by Gasteiger charge is 2.05. The number of hydrogen-bond donors (Lipinski definition) is 2. The van der Waals surface area contributed by atoms with Gasteiger partial charge in [-0.15, -0.1) is 0 Å².